The van der Waals surface area contributed by atoms with Crippen molar-refractivity contribution >= 4 is 0 Å². The molecule has 5 nitrogen and oxygen atoms in total. The molecule has 1 aromatic heterocycles. The maximum atomic E-state index is 11.9. The van der Waals surface area contributed by atoms with Crippen LogP contribution < -0.4 is 5.56 Å². The highest BCUT2D eigenvalue weighted by molar-refractivity contribution is 5.37. The van der Waals surface area contributed by atoms with E-state index in [1.54, 1.807) is 6.92 Å². The van der Waals surface area contributed by atoms with Gasteiger partial charge in [0.25, 0.3) is 5.56 Å². The van der Waals surface area contributed by atoms with Crippen LogP contribution in [0.5, 0.6) is 5.88 Å². The number of pyridine rings is 1. The van der Waals surface area contributed by atoms with Gasteiger partial charge in [0, 0.05) is 25.8 Å². The molecule has 0 spiro atoms. The fourth-order valence-electron chi connectivity index (χ4n) is 1.78. The van der Waals surface area contributed by atoms with E-state index in [2.05, 4.69) is 6.92 Å². The summed E-state index contributed by atoms with van der Waals surface area (Å²) in [6.07, 6.45) is 2.74. The van der Waals surface area contributed by atoms with Crippen molar-refractivity contribution in [1.29, 1.82) is 5.26 Å². The van der Waals surface area contributed by atoms with E-state index in [0.717, 1.165) is 12.8 Å². The van der Waals surface area contributed by atoms with Crippen molar-refractivity contribution < 1.29 is 9.84 Å². The van der Waals surface area contributed by atoms with Gasteiger partial charge in [-0.25, -0.2) is 0 Å². The Kier molecular flexibility index (Phi) is 6.10. The normalized spacial score (nSPS) is 10.4. The van der Waals surface area contributed by atoms with E-state index in [4.69, 9.17) is 10.00 Å². The number of ether oxygens (including phenoxy) is 1. The Morgan fingerprint density at radius 3 is 2.74 bits per heavy atom. The molecule has 0 amide bonds. The monoisotopic (exact) mass is 264 g/mol. The Balaban J connectivity index is 2.64. The highest BCUT2D eigenvalue weighted by Gasteiger charge is 2.11. The van der Waals surface area contributed by atoms with Gasteiger partial charge in [-0.2, -0.15) is 5.26 Å². The van der Waals surface area contributed by atoms with Crippen molar-refractivity contribution in [3.05, 3.63) is 27.5 Å². The molecule has 19 heavy (non-hydrogen) atoms. The molecule has 104 valence electrons. The molecular formula is C14H20N2O3. The van der Waals surface area contributed by atoms with Gasteiger partial charge < -0.3 is 9.84 Å². The van der Waals surface area contributed by atoms with Crippen LogP contribution in [0.15, 0.2) is 10.9 Å². The quantitative estimate of drug-likeness (QED) is 0.764. The molecule has 0 fully saturated rings. The lowest BCUT2D eigenvalue weighted by atomic mass is 10.1. The molecule has 0 radical (unpaired) electrons. The van der Waals surface area contributed by atoms with Crippen LogP contribution in [0.25, 0.3) is 0 Å². The van der Waals surface area contributed by atoms with Gasteiger partial charge in [-0.1, -0.05) is 13.3 Å². The number of aryl methyl sites for hydroxylation is 1. The zero-order valence-corrected chi connectivity index (χ0v) is 11.5. The predicted octanol–water partition coefficient (Wildman–Crippen LogP) is 1.94. The van der Waals surface area contributed by atoms with Crippen LogP contribution in [0.2, 0.25) is 0 Å². The highest BCUT2D eigenvalue weighted by Crippen LogP contribution is 2.12. The van der Waals surface area contributed by atoms with Crippen LogP contribution in [0.1, 0.15) is 37.3 Å². The van der Waals surface area contributed by atoms with Gasteiger partial charge in [0.2, 0.25) is 0 Å². The molecule has 5 heteroatoms. The summed E-state index contributed by atoms with van der Waals surface area (Å²) in [6, 6.07) is 3.32. The van der Waals surface area contributed by atoms with Crippen LogP contribution in [-0.2, 0) is 11.3 Å². The molecule has 1 aromatic rings. The number of aromatic nitrogens is 1. The zero-order valence-electron chi connectivity index (χ0n) is 11.5. The first-order valence-corrected chi connectivity index (χ1v) is 6.53. The molecule has 0 aliphatic rings. The van der Waals surface area contributed by atoms with E-state index < -0.39 is 5.56 Å². The van der Waals surface area contributed by atoms with Crippen molar-refractivity contribution in [2.75, 3.05) is 13.2 Å². The van der Waals surface area contributed by atoms with E-state index >= 15 is 0 Å². The summed E-state index contributed by atoms with van der Waals surface area (Å²) < 4.78 is 6.61. The lowest BCUT2D eigenvalue weighted by Crippen LogP contribution is -2.24. The summed E-state index contributed by atoms with van der Waals surface area (Å²) in [5, 5.41) is 18.7. The molecule has 1 rings (SSSR count). The fraction of sp³-hybridized carbons (Fsp3) is 0.571. The summed E-state index contributed by atoms with van der Waals surface area (Å²) >= 11 is 0. The number of rotatable bonds is 7. The minimum absolute atomic E-state index is 0.0877. The van der Waals surface area contributed by atoms with Crippen molar-refractivity contribution in [3.8, 4) is 11.9 Å². The van der Waals surface area contributed by atoms with Crippen LogP contribution in [-0.4, -0.2) is 22.9 Å². The summed E-state index contributed by atoms with van der Waals surface area (Å²) in [6.45, 7) is 5.34. The van der Waals surface area contributed by atoms with Crippen LogP contribution >= 0.6 is 0 Å². The summed E-state index contributed by atoms with van der Waals surface area (Å²) in [5.74, 6) is -0.102. The second kappa shape index (κ2) is 7.59. The number of nitriles is 1. The Hall–Kier alpha value is -1.80. The molecule has 0 bridgehead atoms. The Labute approximate surface area is 113 Å². The molecule has 0 saturated heterocycles. The smallest absolute Gasteiger partial charge is 0.271 e. The second-order valence-corrected chi connectivity index (χ2v) is 4.45. The van der Waals surface area contributed by atoms with Crippen molar-refractivity contribution in [2.24, 2.45) is 0 Å². The molecule has 1 N–H and O–H groups in total. The Morgan fingerprint density at radius 1 is 1.42 bits per heavy atom. The van der Waals surface area contributed by atoms with E-state index in [1.165, 1.54) is 10.6 Å². The number of aromatic hydroxyl groups is 1. The zero-order chi connectivity index (χ0) is 14.3. The van der Waals surface area contributed by atoms with Gasteiger partial charge in [-0.05, 0) is 25.3 Å². The van der Waals surface area contributed by atoms with Gasteiger partial charge in [0.15, 0.2) is 5.88 Å². The minimum Gasteiger partial charge on any atom is -0.494 e. The number of hydrogen-bond donors (Lipinski definition) is 1. The standard InChI is InChI=1S/C14H20N2O3/c1-3-4-7-19-8-5-6-16-13(17)9-11(2)12(10-15)14(16)18/h9,17H,3-8H2,1-2H3. The van der Waals surface area contributed by atoms with Gasteiger partial charge in [0.05, 0.1) is 0 Å². The molecular weight excluding hydrogens is 244 g/mol. The molecule has 0 atom stereocenters. The average molecular weight is 264 g/mol. The number of hydrogen-bond acceptors (Lipinski definition) is 4. The maximum Gasteiger partial charge on any atom is 0.271 e. The van der Waals surface area contributed by atoms with Gasteiger partial charge >= 0.3 is 0 Å². The van der Waals surface area contributed by atoms with Gasteiger partial charge in [-0.15, -0.1) is 0 Å². The third-order valence-corrected chi connectivity index (χ3v) is 2.90. The first-order valence-electron chi connectivity index (χ1n) is 6.53. The lowest BCUT2D eigenvalue weighted by molar-refractivity contribution is 0.125. The van der Waals surface area contributed by atoms with Gasteiger partial charge in [0.1, 0.15) is 11.6 Å². The van der Waals surface area contributed by atoms with Gasteiger partial charge in [-0.3, -0.25) is 9.36 Å². The first kappa shape index (κ1) is 15.3. The SMILES string of the molecule is CCCCOCCCn1c(O)cc(C)c(C#N)c1=O. The fourth-order valence-corrected chi connectivity index (χ4v) is 1.78. The molecule has 1 heterocycles. The molecule has 0 aromatic carbocycles. The molecule has 0 unspecified atom stereocenters. The number of unbranched alkanes of at least 4 members (excludes halogenated alkanes) is 1. The third-order valence-electron chi connectivity index (χ3n) is 2.90. The van der Waals surface area contributed by atoms with Crippen molar-refractivity contribution in [1.82, 2.24) is 4.57 Å². The van der Waals surface area contributed by atoms with E-state index in [1.807, 2.05) is 6.07 Å². The largest absolute Gasteiger partial charge is 0.494 e. The summed E-state index contributed by atoms with van der Waals surface area (Å²) in [5.41, 5.74) is 0.152. The highest BCUT2D eigenvalue weighted by atomic mass is 16.5. The maximum absolute atomic E-state index is 11.9. The van der Waals surface area contributed by atoms with E-state index in [0.29, 0.717) is 31.7 Å². The van der Waals surface area contributed by atoms with Crippen LogP contribution in [0.4, 0.5) is 0 Å². The molecule has 0 aliphatic carbocycles. The van der Waals surface area contributed by atoms with Crippen molar-refractivity contribution in [3.63, 3.8) is 0 Å². The lowest BCUT2D eigenvalue weighted by Gasteiger charge is -2.10. The topological polar surface area (TPSA) is 75.2 Å². The van der Waals surface area contributed by atoms with Crippen LogP contribution in [0.3, 0.4) is 0 Å². The van der Waals surface area contributed by atoms with E-state index in [9.17, 15) is 9.90 Å². The second-order valence-electron chi connectivity index (χ2n) is 4.45. The Bertz CT molecular complexity index is 515. The molecule has 0 saturated carbocycles. The van der Waals surface area contributed by atoms with Crippen LogP contribution in [0, 0.1) is 18.3 Å². The summed E-state index contributed by atoms with van der Waals surface area (Å²) in [4.78, 5) is 11.9. The Morgan fingerprint density at radius 2 is 2.11 bits per heavy atom. The summed E-state index contributed by atoms with van der Waals surface area (Å²) in [7, 11) is 0. The van der Waals surface area contributed by atoms with E-state index in [-0.39, 0.29) is 11.4 Å². The first-order chi connectivity index (χ1) is 9.11. The number of nitrogens with zero attached hydrogens (tertiary/aromatic N) is 2. The average Bonchev–Trinajstić information content (AvgIpc) is 2.37. The third kappa shape index (κ3) is 4.11. The minimum atomic E-state index is -0.437. The van der Waals surface area contributed by atoms with Crippen molar-refractivity contribution in [2.45, 2.75) is 39.7 Å². The molecule has 0 aliphatic heterocycles. The predicted molar refractivity (Wildman–Crippen MR) is 72.2 cm³/mol.